The van der Waals surface area contributed by atoms with Crippen LogP contribution in [0.3, 0.4) is 0 Å². The van der Waals surface area contributed by atoms with Gasteiger partial charge in [-0.1, -0.05) is 19.8 Å². The summed E-state index contributed by atoms with van der Waals surface area (Å²) in [6, 6.07) is 0. The van der Waals surface area contributed by atoms with Crippen LogP contribution in [0.15, 0.2) is 0 Å². The Morgan fingerprint density at radius 1 is 1.93 bits per heavy atom. The molecule has 1 unspecified atom stereocenters. The first-order valence-electron chi connectivity index (χ1n) is 5.25. The van der Waals surface area contributed by atoms with E-state index in [1.54, 1.807) is 0 Å². The number of hydrogen-bond donors (Lipinski definition) is 0. The van der Waals surface area contributed by atoms with Crippen LogP contribution < -0.4 is 0 Å². The molecule has 3 heteroatoms. The highest BCUT2D eigenvalue weighted by Crippen LogP contribution is 2.38. The van der Waals surface area contributed by atoms with Crippen LogP contribution in [0.1, 0.15) is 35.0 Å². The van der Waals surface area contributed by atoms with Gasteiger partial charge < -0.3 is 9.47 Å². The summed E-state index contributed by atoms with van der Waals surface area (Å²) in [7, 11) is 0. The lowest BCUT2D eigenvalue weighted by atomic mass is 9.87. The standard InChI is InChI=1S/C11H16O3/c1-5-11(6-2)8(3)7-10(14-11)13-9(4)12/h1,8,10H,6-7H2,2-4H3/t8-,10?,11+/m0/s1/i10D. The van der Waals surface area contributed by atoms with Gasteiger partial charge in [-0.3, -0.25) is 4.79 Å². The zero-order valence-corrected chi connectivity index (χ0v) is 8.79. The lowest BCUT2D eigenvalue weighted by molar-refractivity contribution is -0.179. The number of carbonyl (C=O) groups is 1. The van der Waals surface area contributed by atoms with Gasteiger partial charge in [-0.15, -0.1) is 6.42 Å². The molecule has 3 atom stereocenters. The molecule has 0 bridgehead atoms. The van der Waals surface area contributed by atoms with Crippen LogP contribution in [0.25, 0.3) is 0 Å². The van der Waals surface area contributed by atoms with E-state index in [1.807, 2.05) is 13.8 Å². The Morgan fingerprint density at radius 3 is 2.93 bits per heavy atom. The number of esters is 1. The minimum atomic E-state index is -1.62. The Hall–Kier alpha value is -1.01. The van der Waals surface area contributed by atoms with Gasteiger partial charge in [0.15, 0.2) is 0 Å². The van der Waals surface area contributed by atoms with Crippen LogP contribution in [0.5, 0.6) is 0 Å². The Bertz CT molecular complexity index is 309. The number of terminal acetylenes is 1. The fourth-order valence-electron chi connectivity index (χ4n) is 1.68. The zero-order valence-electron chi connectivity index (χ0n) is 9.79. The molecule has 0 amide bonds. The van der Waals surface area contributed by atoms with Gasteiger partial charge >= 0.3 is 5.97 Å². The summed E-state index contributed by atoms with van der Waals surface area (Å²) in [6.07, 6.45) is 4.72. The Morgan fingerprint density at radius 2 is 2.57 bits per heavy atom. The molecule has 0 spiro atoms. The van der Waals surface area contributed by atoms with Crippen molar-refractivity contribution in [1.29, 1.82) is 0 Å². The molecule has 1 aliphatic heterocycles. The summed E-state index contributed by atoms with van der Waals surface area (Å²) >= 11 is 0. The average Bonchev–Trinajstić information content (AvgIpc) is 2.36. The van der Waals surface area contributed by atoms with Crippen molar-refractivity contribution >= 4 is 5.97 Å². The molecule has 0 aromatic heterocycles. The molecular formula is C11H16O3. The summed E-state index contributed by atoms with van der Waals surface area (Å²) < 4.78 is 18.1. The normalized spacial score (nSPS) is 42.7. The van der Waals surface area contributed by atoms with Crippen molar-refractivity contribution in [3.8, 4) is 12.3 Å². The quantitative estimate of drug-likeness (QED) is 0.499. The molecule has 1 rings (SSSR count). The van der Waals surface area contributed by atoms with Gasteiger partial charge in [-0.25, -0.2) is 0 Å². The van der Waals surface area contributed by atoms with Gasteiger partial charge in [0.05, 0.1) is 0 Å². The van der Waals surface area contributed by atoms with E-state index < -0.39 is 17.8 Å². The second-order valence-corrected chi connectivity index (χ2v) is 3.56. The topological polar surface area (TPSA) is 35.5 Å². The number of hydrogen-bond acceptors (Lipinski definition) is 3. The molecular weight excluding hydrogens is 180 g/mol. The maximum Gasteiger partial charge on any atom is 0.304 e. The van der Waals surface area contributed by atoms with Crippen molar-refractivity contribution < 1.29 is 15.6 Å². The van der Waals surface area contributed by atoms with Crippen LogP contribution in [-0.2, 0) is 14.3 Å². The first-order chi connectivity index (χ1) is 6.87. The van der Waals surface area contributed by atoms with E-state index in [0.717, 1.165) is 0 Å². The van der Waals surface area contributed by atoms with E-state index in [2.05, 4.69) is 5.92 Å². The average molecular weight is 197 g/mol. The number of ether oxygens (including phenoxy) is 2. The van der Waals surface area contributed by atoms with Gasteiger partial charge in [0.25, 0.3) is 0 Å². The first kappa shape index (κ1) is 9.54. The minimum absolute atomic E-state index is 0.00403. The smallest absolute Gasteiger partial charge is 0.304 e. The van der Waals surface area contributed by atoms with Gasteiger partial charge in [0, 0.05) is 19.3 Å². The second kappa shape index (κ2) is 4.02. The summed E-state index contributed by atoms with van der Waals surface area (Å²) in [5.41, 5.74) is -0.781. The molecule has 1 aliphatic rings. The lowest BCUT2D eigenvalue weighted by Crippen LogP contribution is -2.32. The first-order valence-corrected chi connectivity index (χ1v) is 4.75. The molecule has 1 saturated heterocycles. The highest BCUT2D eigenvalue weighted by atomic mass is 16.7. The van der Waals surface area contributed by atoms with Crippen LogP contribution in [-0.4, -0.2) is 17.8 Å². The highest BCUT2D eigenvalue weighted by Gasteiger charge is 2.45. The predicted molar refractivity (Wildman–Crippen MR) is 52.3 cm³/mol. The molecule has 1 fully saturated rings. The van der Waals surface area contributed by atoms with Gasteiger partial charge in [-0.2, -0.15) is 0 Å². The molecule has 0 aromatic rings. The summed E-state index contributed by atoms with van der Waals surface area (Å²) in [5.74, 6) is 2.05. The summed E-state index contributed by atoms with van der Waals surface area (Å²) in [5, 5.41) is 0. The Labute approximate surface area is 86.2 Å². The number of rotatable bonds is 2. The fraction of sp³-hybridized carbons (Fsp3) is 0.727. The van der Waals surface area contributed by atoms with E-state index in [9.17, 15) is 4.79 Å². The van der Waals surface area contributed by atoms with E-state index in [-0.39, 0.29) is 5.92 Å². The molecule has 0 aromatic carbocycles. The molecule has 3 nitrogen and oxygen atoms in total. The van der Waals surface area contributed by atoms with Crippen molar-refractivity contribution in [1.82, 2.24) is 0 Å². The monoisotopic (exact) mass is 197 g/mol. The summed E-state index contributed by atoms with van der Waals surface area (Å²) in [6.45, 7) is 5.06. The van der Waals surface area contributed by atoms with E-state index in [4.69, 9.17) is 17.3 Å². The Kier molecular flexibility index (Phi) is 2.74. The number of carbonyl (C=O) groups excluding carboxylic acids is 1. The highest BCUT2D eigenvalue weighted by molar-refractivity contribution is 5.66. The molecule has 0 saturated carbocycles. The predicted octanol–water partition coefficient (Wildman–Crippen LogP) is 1.71. The van der Waals surface area contributed by atoms with Crippen molar-refractivity contribution in [2.45, 2.75) is 45.5 Å². The summed E-state index contributed by atoms with van der Waals surface area (Å²) in [4.78, 5) is 10.8. The third kappa shape index (κ3) is 1.91. The molecule has 0 radical (unpaired) electrons. The van der Waals surface area contributed by atoms with E-state index in [1.165, 1.54) is 6.92 Å². The van der Waals surface area contributed by atoms with Crippen LogP contribution in [0.2, 0.25) is 0 Å². The maximum atomic E-state index is 10.8. The van der Waals surface area contributed by atoms with Crippen molar-refractivity contribution in [3.63, 3.8) is 0 Å². The largest absolute Gasteiger partial charge is 0.436 e. The van der Waals surface area contributed by atoms with Crippen LogP contribution >= 0.6 is 0 Å². The van der Waals surface area contributed by atoms with Crippen molar-refractivity contribution in [3.05, 3.63) is 0 Å². The van der Waals surface area contributed by atoms with E-state index >= 15 is 0 Å². The fourth-order valence-corrected chi connectivity index (χ4v) is 1.68. The second-order valence-electron chi connectivity index (χ2n) is 3.56. The molecule has 14 heavy (non-hydrogen) atoms. The maximum absolute atomic E-state index is 10.8. The lowest BCUT2D eigenvalue weighted by Gasteiger charge is -2.25. The van der Waals surface area contributed by atoms with Gasteiger partial charge in [-0.05, 0) is 6.42 Å². The molecule has 1 heterocycles. The van der Waals surface area contributed by atoms with Crippen molar-refractivity contribution in [2.24, 2.45) is 5.92 Å². The molecule has 0 N–H and O–H groups in total. The van der Waals surface area contributed by atoms with E-state index in [0.29, 0.717) is 12.8 Å². The molecule has 0 aliphatic carbocycles. The Balaban J connectivity index is 2.87. The zero-order chi connectivity index (χ0) is 11.7. The van der Waals surface area contributed by atoms with Gasteiger partial charge in [0.1, 0.15) is 6.97 Å². The van der Waals surface area contributed by atoms with Crippen LogP contribution in [0.4, 0.5) is 0 Å². The third-order valence-electron chi connectivity index (χ3n) is 2.59. The SMILES string of the molecule is [2H]C1(OC(C)=O)C[C@H](C)[C@@](C#C)(CC)O1. The van der Waals surface area contributed by atoms with Crippen LogP contribution in [0, 0.1) is 18.3 Å². The third-order valence-corrected chi connectivity index (χ3v) is 2.59. The minimum Gasteiger partial charge on any atom is -0.436 e. The van der Waals surface area contributed by atoms with Gasteiger partial charge in [0.2, 0.25) is 6.27 Å². The molecule has 78 valence electrons. The van der Waals surface area contributed by atoms with Crippen molar-refractivity contribution in [2.75, 3.05) is 0 Å².